The first kappa shape index (κ1) is 14.9. The fourth-order valence-corrected chi connectivity index (χ4v) is 2.98. The van der Waals surface area contributed by atoms with Gasteiger partial charge in [-0.15, -0.1) is 0 Å². The maximum atomic E-state index is 12.2. The van der Waals surface area contributed by atoms with Crippen LogP contribution < -0.4 is 10.5 Å². The zero-order chi connectivity index (χ0) is 15.5. The van der Waals surface area contributed by atoms with Crippen molar-refractivity contribution in [3.63, 3.8) is 0 Å². The molecule has 0 spiro atoms. The molecule has 0 radical (unpaired) electrons. The summed E-state index contributed by atoms with van der Waals surface area (Å²) in [5.41, 5.74) is 5.50. The monoisotopic (exact) mass is 302 g/mol. The molecule has 5 nitrogen and oxygen atoms in total. The number of nitrogens with two attached hydrogens (primary N) is 1. The smallest absolute Gasteiger partial charge is 0.222 e. The van der Waals surface area contributed by atoms with Gasteiger partial charge in [0.1, 0.15) is 5.75 Å². The first-order valence-corrected chi connectivity index (χ1v) is 7.88. The van der Waals surface area contributed by atoms with Crippen LogP contribution >= 0.6 is 0 Å². The maximum absolute atomic E-state index is 12.2. The average Bonchev–Trinajstić information content (AvgIpc) is 3.21. The first-order valence-electron chi connectivity index (χ1n) is 7.88. The Morgan fingerprint density at radius 1 is 1.18 bits per heavy atom. The number of ether oxygens (including phenoxy) is 1. The van der Waals surface area contributed by atoms with Gasteiger partial charge in [0.2, 0.25) is 11.8 Å². The minimum atomic E-state index is -0.344. The highest BCUT2D eigenvalue weighted by atomic mass is 16.5. The zero-order valence-electron chi connectivity index (χ0n) is 12.6. The number of likely N-dealkylation sites (tertiary alicyclic amines) is 1. The molecule has 2 N–H and O–H groups in total. The Labute approximate surface area is 130 Å². The van der Waals surface area contributed by atoms with E-state index in [1.165, 1.54) is 0 Å². The van der Waals surface area contributed by atoms with Crippen molar-refractivity contribution in [3.05, 3.63) is 30.3 Å². The largest absolute Gasteiger partial charge is 0.493 e. The SMILES string of the molecule is NC(=O)[C@@H]1CN(C(=O)CC2CC2)C[C@H]1COc1ccccc1. The lowest BCUT2D eigenvalue weighted by Gasteiger charge is -2.16. The number of hydrogen-bond donors (Lipinski definition) is 1. The molecule has 3 rings (SSSR count). The number of benzene rings is 1. The fraction of sp³-hybridized carbons (Fsp3) is 0.529. The molecule has 1 aromatic rings. The first-order chi connectivity index (χ1) is 10.6. The second kappa shape index (κ2) is 6.38. The van der Waals surface area contributed by atoms with Gasteiger partial charge in [0.05, 0.1) is 12.5 Å². The normalized spacial score (nSPS) is 24.3. The van der Waals surface area contributed by atoms with Crippen molar-refractivity contribution in [2.75, 3.05) is 19.7 Å². The molecule has 2 amide bonds. The van der Waals surface area contributed by atoms with Crippen LogP contribution in [0.4, 0.5) is 0 Å². The number of rotatable bonds is 6. The van der Waals surface area contributed by atoms with Gasteiger partial charge in [-0.2, -0.15) is 0 Å². The van der Waals surface area contributed by atoms with E-state index in [2.05, 4.69) is 0 Å². The number of carbonyl (C=O) groups is 2. The summed E-state index contributed by atoms with van der Waals surface area (Å²) in [6.45, 7) is 1.40. The Hall–Kier alpha value is -2.04. The van der Waals surface area contributed by atoms with Crippen LogP contribution in [0.15, 0.2) is 30.3 Å². The number of primary amides is 1. The topological polar surface area (TPSA) is 72.6 Å². The predicted octanol–water partition coefficient (Wildman–Crippen LogP) is 1.43. The Balaban J connectivity index is 1.58. The van der Waals surface area contributed by atoms with E-state index >= 15 is 0 Å². The van der Waals surface area contributed by atoms with E-state index in [1.54, 1.807) is 4.90 Å². The minimum absolute atomic E-state index is 0.0270. The maximum Gasteiger partial charge on any atom is 0.222 e. The van der Waals surface area contributed by atoms with Gasteiger partial charge in [-0.25, -0.2) is 0 Å². The van der Waals surface area contributed by atoms with E-state index in [0.29, 0.717) is 32.0 Å². The second-order valence-electron chi connectivity index (χ2n) is 6.34. The minimum Gasteiger partial charge on any atom is -0.493 e. The molecule has 1 aliphatic carbocycles. The Morgan fingerprint density at radius 2 is 1.91 bits per heavy atom. The van der Waals surface area contributed by atoms with Gasteiger partial charge in [0.25, 0.3) is 0 Å². The van der Waals surface area contributed by atoms with Gasteiger partial charge in [0.15, 0.2) is 0 Å². The van der Waals surface area contributed by atoms with Crippen LogP contribution in [0.3, 0.4) is 0 Å². The fourth-order valence-electron chi connectivity index (χ4n) is 2.98. The summed E-state index contributed by atoms with van der Waals surface area (Å²) in [7, 11) is 0. The third kappa shape index (κ3) is 3.59. The van der Waals surface area contributed by atoms with E-state index < -0.39 is 0 Å². The Kier molecular flexibility index (Phi) is 4.32. The van der Waals surface area contributed by atoms with Crippen molar-refractivity contribution < 1.29 is 14.3 Å². The van der Waals surface area contributed by atoms with Crippen molar-refractivity contribution >= 4 is 11.8 Å². The molecule has 1 aliphatic heterocycles. The van der Waals surface area contributed by atoms with Crippen molar-refractivity contribution in [2.24, 2.45) is 23.5 Å². The highest BCUT2D eigenvalue weighted by molar-refractivity contribution is 5.81. The molecule has 2 fully saturated rings. The van der Waals surface area contributed by atoms with Crippen LogP contribution in [0.2, 0.25) is 0 Å². The zero-order valence-corrected chi connectivity index (χ0v) is 12.6. The lowest BCUT2D eigenvalue weighted by molar-refractivity contribution is -0.130. The standard InChI is InChI=1S/C17H22N2O3/c18-17(21)15-10-19(16(20)8-12-6-7-12)9-13(15)11-22-14-4-2-1-3-5-14/h1-5,12-13,15H,6-11H2,(H2,18,21)/t13-,15+/m0/s1. The summed E-state index contributed by atoms with van der Waals surface area (Å²) in [5, 5.41) is 0. The average molecular weight is 302 g/mol. The van der Waals surface area contributed by atoms with Crippen molar-refractivity contribution in [2.45, 2.75) is 19.3 Å². The summed E-state index contributed by atoms with van der Waals surface area (Å²) in [4.78, 5) is 25.7. The van der Waals surface area contributed by atoms with Crippen LogP contribution in [-0.2, 0) is 9.59 Å². The summed E-state index contributed by atoms with van der Waals surface area (Å²) in [5.74, 6) is 0.791. The molecule has 0 unspecified atom stereocenters. The third-order valence-electron chi connectivity index (χ3n) is 4.53. The number of nitrogens with zero attached hydrogens (tertiary/aromatic N) is 1. The molecule has 0 bridgehead atoms. The number of hydrogen-bond acceptors (Lipinski definition) is 3. The van der Waals surface area contributed by atoms with Gasteiger partial charge in [-0.1, -0.05) is 18.2 Å². The Bertz CT molecular complexity index is 542. The molecular formula is C17H22N2O3. The second-order valence-corrected chi connectivity index (χ2v) is 6.34. The van der Waals surface area contributed by atoms with Crippen LogP contribution in [-0.4, -0.2) is 36.4 Å². The van der Waals surface area contributed by atoms with Gasteiger partial charge in [-0.3, -0.25) is 9.59 Å². The summed E-state index contributed by atoms with van der Waals surface area (Å²) < 4.78 is 5.75. The van der Waals surface area contributed by atoms with E-state index in [9.17, 15) is 9.59 Å². The van der Waals surface area contributed by atoms with E-state index in [-0.39, 0.29) is 23.7 Å². The van der Waals surface area contributed by atoms with Crippen LogP contribution in [0, 0.1) is 17.8 Å². The van der Waals surface area contributed by atoms with Crippen molar-refractivity contribution in [1.29, 1.82) is 0 Å². The summed E-state index contributed by atoms with van der Waals surface area (Å²) >= 11 is 0. The summed E-state index contributed by atoms with van der Waals surface area (Å²) in [6.07, 6.45) is 2.91. The molecule has 22 heavy (non-hydrogen) atoms. The van der Waals surface area contributed by atoms with Crippen molar-refractivity contribution in [3.8, 4) is 5.75 Å². The van der Waals surface area contributed by atoms with Gasteiger partial charge in [-0.05, 0) is 30.9 Å². The van der Waals surface area contributed by atoms with E-state index in [0.717, 1.165) is 18.6 Å². The molecule has 2 atom stereocenters. The van der Waals surface area contributed by atoms with Gasteiger partial charge < -0.3 is 15.4 Å². The van der Waals surface area contributed by atoms with Gasteiger partial charge in [0, 0.05) is 25.4 Å². The molecule has 1 heterocycles. The van der Waals surface area contributed by atoms with E-state index in [1.807, 2.05) is 30.3 Å². The highest BCUT2D eigenvalue weighted by Gasteiger charge is 2.40. The van der Waals surface area contributed by atoms with Crippen LogP contribution in [0.1, 0.15) is 19.3 Å². The van der Waals surface area contributed by atoms with Crippen LogP contribution in [0.5, 0.6) is 5.75 Å². The third-order valence-corrected chi connectivity index (χ3v) is 4.53. The predicted molar refractivity (Wildman–Crippen MR) is 82.0 cm³/mol. The highest BCUT2D eigenvalue weighted by Crippen LogP contribution is 2.34. The number of carbonyl (C=O) groups excluding carboxylic acids is 2. The quantitative estimate of drug-likeness (QED) is 0.864. The lowest BCUT2D eigenvalue weighted by Crippen LogP contribution is -2.32. The molecule has 1 aromatic carbocycles. The Morgan fingerprint density at radius 3 is 2.55 bits per heavy atom. The van der Waals surface area contributed by atoms with Crippen molar-refractivity contribution in [1.82, 2.24) is 4.90 Å². The molecular weight excluding hydrogens is 280 g/mol. The summed E-state index contributed by atoms with van der Waals surface area (Å²) in [6, 6.07) is 9.49. The molecule has 118 valence electrons. The molecule has 1 saturated carbocycles. The number of para-hydroxylation sites is 1. The number of amides is 2. The van der Waals surface area contributed by atoms with Gasteiger partial charge >= 0.3 is 0 Å². The van der Waals surface area contributed by atoms with E-state index in [4.69, 9.17) is 10.5 Å². The molecule has 2 aliphatic rings. The van der Waals surface area contributed by atoms with Crippen LogP contribution in [0.25, 0.3) is 0 Å². The molecule has 1 saturated heterocycles. The lowest BCUT2D eigenvalue weighted by atomic mass is 9.96. The molecule has 5 heteroatoms. The molecule has 0 aromatic heterocycles.